The number of furan rings is 1. The van der Waals surface area contributed by atoms with Crippen molar-refractivity contribution in [1.82, 2.24) is 9.29 Å². The third kappa shape index (κ3) is 4.56. The quantitative estimate of drug-likeness (QED) is 0.360. The summed E-state index contributed by atoms with van der Waals surface area (Å²) >= 11 is 1.41. The summed E-state index contributed by atoms with van der Waals surface area (Å²) < 4.78 is 39.9. The molecule has 1 aliphatic rings. The van der Waals surface area contributed by atoms with Crippen molar-refractivity contribution in [3.05, 3.63) is 72.2 Å². The number of aryl methyl sites for hydroxylation is 1. The molecule has 0 bridgehead atoms. The number of carbonyl (C=O) groups is 1. The molecule has 4 aromatic rings. The number of fused-ring (bicyclic) bond motifs is 1. The highest BCUT2D eigenvalue weighted by atomic mass is 32.2. The first-order valence-corrected chi connectivity index (χ1v) is 13.5. The van der Waals surface area contributed by atoms with Gasteiger partial charge in [-0.15, -0.1) is 0 Å². The van der Waals surface area contributed by atoms with E-state index in [2.05, 4.69) is 0 Å². The Balaban J connectivity index is 1.50. The third-order valence-corrected chi connectivity index (χ3v) is 9.04. The van der Waals surface area contributed by atoms with E-state index in [1.54, 1.807) is 35.4 Å². The van der Waals surface area contributed by atoms with Crippen LogP contribution in [0.25, 0.3) is 10.2 Å². The topological polar surface area (TPSA) is 93.0 Å². The van der Waals surface area contributed by atoms with Gasteiger partial charge in [0.2, 0.25) is 15.9 Å². The van der Waals surface area contributed by atoms with E-state index in [0.717, 1.165) is 15.8 Å². The van der Waals surface area contributed by atoms with Crippen LogP contribution in [0.3, 0.4) is 0 Å². The molecule has 1 amide bonds. The molecule has 8 nitrogen and oxygen atoms in total. The number of hydrogen-bond acceptors (Lipinski definition) is 7. The summed E-state index contributed by atoms with van der Waals surface area (Å²) in [7, 11) is -2.35. The maximum Gasteiger partial charge on any atom is 0.247 e. The van der Waals surface area contributed by atoms with Gasteiger partial charge in [0.05, 0.1) is 35.0 Å². The minimum atomic E-state index is -3.88. The zero-order chi connectivity index (χ0) is 24.6. The van der Waals surface area contributed by atoms with Gasteiger partial charge in [0, 0.05) is 6.54 Å². The number of ether oxygens (including phenoxy) is 1. The second-order valence-electron chi connectivity index (χ2n) is 8.42. The normalized spacial score (nSPS) is 16.6. The largest absolute Gasteiger partial charge is 0.497 e. The molecule has 0 radical (unpaired) electrons. The first kappa shape index (κ1) is 23.5. The lowest BCUT2D eigenvalue weighted by molar-refractivity contribution is -0.121. The van der Waals surface area contributed by atoms with Gasteiger partial charge in [-0.1, -0.05) is 17.4 Å². The second-order valence-corrected chi connectivity index (χ2v) is 11.3. The van der Waals surface area contributed by atoms with Crippen molar-refractivity contribution in [2.75, 3.05) is 18.6 Å². The first-order valence-electron chi connectivity index (χ1n) is 11.2. The summed E-state index contributed by atoms with van der Waals surface area (Å²) in [4.78, 5) is 20.3. The van der Waals surface area contributed by atoms with Gasteiger partial charge in [-0.05, 0) is 73.9 Å². The number of anilines is 1. The molecular formula is C25H25N3O5S2. The number of nitrogens with zero attached hydrogens (tertiary/aromatic N) is 3. The number of rotatable bonds is 7. The molecular weight excluding hydrogens is 486 g/mol. The third-order valence-electron chi connectivity index (χ3n) is 6.08. The van der Waals surface area contributed by atoms with Crippen molar-refractivity contribution in [2.24, 2.45) is 0 Å². The highest BCUT2D eigenvalue weighted by molar-refractivity contribution is 7.89. The summed E-state index contributed by atoms with van der Waals surface area (Å²) in [6.07, 6.45) is 2.59. The fourth-order valence-electron chi connectivity index (χ4n) is 4.27. The van der Waals surface area contributed by atoms with Crippen molar-refractivity contribution in [3.8, 4) is 5.75 Å². The maximum absolute atomic E-state index is 13.9. The molecule has 3 heterocycles. The smallest absolute Gasteiger partial charge is 0.247 e. The van der Waals surface area contributed by atoms with Crippen molar-refractivity contribution >= 4 is 42.6 Å². The highest BCUT2D eigenvalue weighted by Crippen LogP contribution is 2.34. The average Bonchev–Trinajstić information content (AvgIpc) is 3.62. The molecule has 1 atom stereocenters. The van der Waals surface area contributed by atoms with Gasteiger partial charge in [0.1, 0.15) is 17.6 Å². The molecule has 2 aromatic carbocycles. The van der Waals surface area contributed by atoms with Crippen LogP contribution >= 0.6 is 11.3 Å². The summed E-state index contributed by atoms with van der Waals surface area (Å²) in [5.41, 5.74) is 1.89. The van der Waals surface area contributed by atoms with Crippen LogP contribution in [0.5, 0.6) is 5.75 Å². The van der Waals surface area contributed by atoms with Crippen molar-refractivity contribution in [2.45, 2.75) is 37.2 Å². The number of sulfonamides is 1. The Hall–Kier alpha value is -3.21. The van der Waals surface area contributed by atoms with Gasteiger partial charge in [-0.3, -0.25) is 9.69 Å². The summed E-state index contributed by atoms with van der Waals surface area (Å²) in [6.45, 7) is 2.45. The van der Waals surface area contributed by atoms with Gasteiger partial charge in [0.15, 0.2) is 5.13 Å². The van der Waals surface area contributed by atoms with E-state index in [4.69, 9.17) is 14.1 Å². The van der Waals surface area contributed by atoms with Gasteiger partial charge < -0.3 is 9.15 Å². The van der Waals surface area contributed by atoms with Crippen LogP contribution in [0, 0.1) is 6.92 Å². The Morgan fingerprint density at radius 2 is 2.03 bits per heavy atom. The molecule has 1 aliphatic heterocycles. The molecule has 35 heavy (non-hydrogen) atoms. The minimum Gasteiger partial charge on any atom is -0.497 e. The Labute approximate surface area is 207 Å². The summed E-state index contributed by atoms with van der Waals surface area (Å²) in [5, 5.41) is 0.515. The molecule has 0 aliphatic carbocycles. The van der Waals surface area contributed by atoms with Crippen LogP contribution < -0.4 is 9.64 Å². The number of aromatic nitrogens is 1. The maximum atomic E-state index is 13.9. The Morgan fingerprint density at radius 3 is 2.74 bits per heavy atom. The molecule has 2 aromatic heterocycles. The van der Waals surface area contributed by atoms with Gasteiger partial charge in [-0.25, -0.2) is 13.4 Å². The fourth-order valence-corrected chi connectivity index (χ4v) is 6.99. The minimum absolute atomic E-state index is 0.131. The molecule has 1 saturated heterocycles. The molecule has 0 saturated carbocycles. The number of hydrogen-bond donors (Lipinski definition) is 0. The first-order chi connectivity index (χ1) is 16.9. The number of methoxy groups -OCH3 is 1. The van der Waals surface area contributed by atoms with E-state index in [9.17, 15) is 13.2 Å². The zero-order valence-electron chi connectivity index (χ0n) is 19.4. The summed E-state index contributed by atoms with van der Waals surface area (Å²) in [5.74, 6) is 0.844. The lowest BCUT2D eigenvalue weighted by atomic mass is 10.2. The van der Waals surface area contributed by atoms with E-state index in [1.165, 1.54) is 34.9 Å². The molecule has 10 heteroatoms. The van der Waals surface area contributed by atoms with E-state index in [0.29, 0.717) is 29.5 Å². The van der Waals surface area contributed by atoms with Gasteiger partial charge in [-0.2, -0.15) is 4.31 Å². The van der Waals surface area contributed by atoms with Crippen LogP contribution in [0.4, 0.5) is 5.13 Å². The van der Waals surface area contributed by atoms with Crippen LogP contribution in [-0.4, -0.2) is 43.3 Å². The number of amides is 1. The zero-order valence-corrected chi connectivity index (χ0v) is 21.0. The van der Waals surface area contributed by atoms with E-state index in [-0.39, 0.29) is 23.9 Å². The molecule has 1 unspecified atom stereocenters. The summed E-state index contributed by atoms with van der Waals surface area (Å²) in [6, 6.07) is 14.9. The van der Waals surface area contributed by atoms with Crippen LogP contribution in [-0.2, 0) is 21.4 Å². The van der Waals surface area contributed by atoms with Crippen molar-refractivity contribution in [1.29, 1.82) is 0 Å². The Bertz CT molecular complexity index is 1450. The molecule has 5 rings (SSSR count). The van der Waals surface area contributed by atoms with Gasteiger partial charge >= 0.3 is 0 Å². The van der Waals surface area contributed by atoms with Crippen molar-refractivity contribution in [3.63, 3.8) is 0 Å². The molecule has 182 valence electrons. The number of carbonyl (C=O) groups excluding carboxylic acids is 1. The number of benzene rings is 2. The van der Waals surface area contributed by atoms with Gasteiger partial charge in [0.25, 0.3) is 0 Å². The molecule has 1 fully saturated rings. The van der Waals surface area contributed by atoms with Crippen LogP contribution in [0.1, 0.15) is 24.2 Å². The predicted octanol–water partition coefficient (Wildman–Crippen LogP) is 4.59. The Kier molecular flexibility index (Phi) is 6.35. The lowest BCUT2D eigenvalue weighted by Crippen LogP contribution is -2.47. The van der Waals surface area contributed by atoms with E-state index in [1.807, 2.05) is 25.1 Å². The average molecular weight is 512 g/mol. The second kappa shape index (κ2) is 9.44. The van der Waals surface area contributed by atoms with E-state index < -0.39 is 16.1 Å². The highest BCUT2D eigenvalue weighted by Gasteiger charge is 2.42. The predicted molar refractivity (Wildman–Crippen MR) is 134 cm³/mol. The molecule has 0 spiro atoms. The fraction of sp³-hybridized carbons (Fsp3) is 0.280. The number of thiazole rings is 1. The van der Waals surface area contributed by atoms with Crippen LogP contribution in [0.2, 0.25) is 0 Å². The van der Waals surface area contributed by atoms with Crippen LogP contribution in [0.15, 0.2) is 70.2 Å². The standard InChI is InChI=1S/C25H25N3O5S2/c1-17-7-12-21-23(15-17)34-25(26-21)27(16-19-5-4-14-33-19)24(29)22-6-3-13-28(22)35(30,31)20-10-8-18(32-2)9-11-20/h4-5,7-12,14-15,22H,3,6,13,16H2,1-2H3. The SMILES string of the molecule is COc1ccc(S(=O)(=O)N2CCCC2C(=O)N(Cc2ccco2)c2nc3ccc(C)cc3s2)cc1. The van der Waals surface area contributed by atoms with Crippen molar-refractivity contribution < 1.29 is 22.4 Å². The Morgan fingerprint density at radius 1 is 1.23 bits per heavy atom. The molecule has 0 N–H and O–H groups in total. The monoisotopic (exact) mass is 511 g/mol. The lowest BCUT2D eigenvalue weighted by Gasteiger charge is -2.28. The van der Waals surface area contributed by atoms with E-state index >= 15 is 0 Å².